The first-order valence-corrected chi connectivity index (χ1v) is 8.38. The maximum atomic E-state index is 13.1. The first-order valence-electron chi connectivity index (χ1n) is 7.60. The molecule has 3 heterocycles. The number of rotatable bonds is 2. The van der Waals surface area contributed by atoms with Crippen molar-refractivity contribution in [2.45, 2.75) is 19.6 Å². The first kappa shape index (κ1) is 15.8. The summed E-state index contributed by atoms with van der Waals surface area (Å²) >= 11 is 1.25. The number of nitrogens with two attached hydrogens (primary N) is 1. The molecule has 128 valence electrons. The Morgan fingerprint density at radius 2 is 2.04 bits per heavy atom. The van der Waals surface area contributed by atoms with Crippen LogP contribution < -0.4 is 5.73 Å². The van der Waals surface area contributed by atoms with E-state index >= 15 is 0 Å². The lowest BCUT2D eigenvalue weighted by Crippen LogP contribution is -2.46. The van der Waals surface area contributed by atoms with E-state index in [1.54, 1.807) is 0 Å². The van der Waals surface area contributed by atoms with Crippen LogP contribution in [0.5, 0.6) is 0 Å². The van der Waals surface area contributed by atoms with E-state index in [1.165, 1.54) is 40.7 Å². The standard InChI is InChI=1S/C15H14FN7OS/c1-8-18-14(25-21-8)13-20-19-12-11(17)22(6-7-23(12)13)15(24)9-2-4-10(16)5-3-9/h2-5,11H,6-7,17H2,1H3/t11-/m0/s1. The first-order chi connectivity index (χ1) is 12.0. The molecule has 8 nitrogen and oxygen atoms in total. The lowest BCUT2D eigenvalue weighted by Gasteiger charge is -2.33. The molecule has 2 N–H and O–H groups in total. The monoisotopic (exact) mass is 359 g/mol. The van der Waals surface area contributed by atoms with E-state index in [0.717, 1.165) is 0 Å². The normalized spacial score (nSPS) is 16.8. The third-order valence-corrected chi connectivity index (χ3v) is 4.82. The summed E-state index contributed by atoms with van der Waals surface area (Å²) in [4.78, 5) is 18.5. The number of hydrogen-bond acceptors (Lipinski definition) is 7. The molecule has 10 heteroatoms. The van der Waals surface area contributed by atoms with Gasteiger partial charge in [-0.15, -0.1) is 10.2 Å². The van der Waals surface area contributed by atoms with Gasteiger partial charge in [-0.25, -0.2) is 9.37 Å². The van der Waals surface area contributed by atoms with Crippen LogP contribution in [0.1, 0.15) is 28.2 Å². The van der Waals surface area contributed by atoms with Crippen molar-refractivity contribution >= 4 is 17.4 Å². The van der Waals surface area contributed by atoms with Crippen LogP contribution in [0.25, 0.3) is 10.8 Å². The highest BCUT2D eigenvalue weighted by Crippen LogP contribution is 2.27. The largest absolute Gasteiger partial charge is 0.314 e. The molecule has 0 bridgehead atoms. The minimum atomic E-state index is -0.735. The summed E-state index contributed by atoms with van der Waals surface area (Å²) in [6.07, 6.45) is -0.735. The topological polar surface area (TPSA) is 103 Å². The van der Waals surface area contributed by atoms with E-state index in [4.69, 9.17) is 5.73 Å². The zero-order valence-corrected chi connectivity index (χ0v) is 14.1. The molecule has 0 saturated heterocycles. The molecule has 1 aliphatic heterocycles. The SMILES string of the molecule is Cc1nsc(-c2nnc3n2CCN(C(=O)c2ccc(F)cc2)[C@@H]3N)n1. The second-order valence-electron chi connectivity index (χ2n) is 5.63. The van der Waals surface area contributed by atoms with Crippen molar-refractivity contribution in [2.24, 2.45) is 5.73 Å². The van der Waals surface area contributed by atoms with Gasteiger partial charge in [0.1, 0.15) is 17.8 Å². The minimum Gasteiger partial charge on any atom is -0.314 e. The van der Waals surface area contributed by atoms with Gasteiger partial charge in [0.25, 0.3) is 5.91 Å². The van der Waals surface area contributed by atoms with Gasteiger partial charge in [-0.1, -0.05) is 0 Å². The molecule has 0 fully saturated rings. The number of aryl methyl sites for hydroxylation is 1. The Morgan fingerprint density at radius 3 is 2.72 bits per heavy atom. The van der Waals surface area contributed by atoms with E-state index in [1.807, 2.05) is 11.5 Å². The summed E-state index contributed by atoms with van der Waals surface area (Å²) < 4.78 is 19.1. The minimum absolute atomic E-state index is 0.268. The molecular formula is C15H14FN7OS. The summed E-state index contributed by atoms with van der Waals surface area (Å²) in [7, 11) is 0. The zero-order chi connectivity index (χ0) is 17.6. The number of amides is 1. The van der Waals surface area contributed by atoms with E-state index in [2.05, 4.69) is 19.6 Å². The fourth-order valence-electron chi connectivity index (χ4n) is 2.77. The number of nitrogens with zero attached hydrogens (tertiary/aromatic N) is 6. The molecule has 1 aliphatic rings. The van der Waals surface area contributed by atoms with Crippen LogP contribution in [-0.4, -0.2) is 41.5 Å². The highest BCUT2D eigenvalue weighted by atomic mass is 32.1. The summed E-state index contributed by atoms with van der Waals surface area (Å²) in [5.41, 5.74) is 6.61. The van der Waals surface area contributed by atoms with Crippen molar-refractivity contribution in [2.75, 3.05) is 6.54 Å². The van der Waals surface area contributed by atoms with Gasteiger partial charge >= 0.3 is 0 Å². The van der Waals surface area contributed by atoms with E-state index in [-0.39, 0.29) is 5.91 Å². The molecular weight excluding hydrogens is 345 g/mol. The van der Waals surface area contributed by atoms with E-state index in [0.29, 0.717) is 41.1 Å². The molecule has 3 aromatic rings. The maximum absolute atomic E-state index is 13.1. The molecule has 0 unspecified atom stereocenters. The Balaban J connectivity index is 1.63. The average molecular weight is 359 g/mol. The van der Waals surface area contributed by atoms with Crippen molar-refractivity contribution in [3.05, 3.63) is 47.3 Å². The number of carbonyl (C=O) groups is 1. The van der Waals surface area contributed by atoms with Crippen molar-refractivity contribution < 1.29 is 9.18 Å². The fraction of sp³-hybridized carbons (Fsp3) is 0.267. The zero-order valence-electron chi connectivity index (χ0n) is 13.3. The van der Waals surface area contributed by atoms with Gasteiger partial charge in [-0.3, -0.25) is 4.79 Å². The fourth-order valence-corrected chi connectivity index (χ4v) is 3.44. The van der Waals surface area contributed by atoms with Crippen LogP contribution in [0, 0.1) is 12.7 Å². The summed E-state index contributed by atoms with van der Waals surface area (Å²) in [5, 5.41) is 8.97. The number of hydrogen-bond donors (Lipinski definition) is 1. The third-order valence-electron chi connectivity index (χ3n) is 4.02. The van der Waals surface area contributed by atoms with Crippen LogP contribution in [0.3, 0.4) is 0 Å². The van der Waals surface area contributed by atoms with Gasteiger partial charge < -0.3 is 15.2 Å². The molecule has 0 spiro atoms. The highest BCUT2D eigenvalue weighted by Gasteiger charge is 2.33. The summed E-state index contributed by atoms with van der Waals surface area (Å²) in [6.45, 7) is 2.70. The molecule has 1 atom stereocenters. The van der Waals surface area contributed by atoms with Gasteiger partial charge in [-0.05, 0) is 42.7 Å². The van der Waals surface area contributed by atoms with Crippen molar-refractivity contribution in [1.29, 1.82) is 0 Å². The van der Waals surface area contributed by atoms with E-state index < -0.39 is 12.0 Å². The molecule has 0 aliphatic carbocycles. The molecule has 0 saturated carbocycles. The Labute approximate surface area is 146 Å². The molecule has 2 aromatic heterocycles. The second kappa shape index (κ2) is 5.97. The lowest BCUT2D eigenvalue weighted by atomic mass is 10.1. The van der Waals surface area contributed by atoms with Crippen molar-refractivity contribution in [3.8, 4) is 10.8 Å². The molecule has 0 radical (unpaired) electrons. The number of carbonyl (C=O) groups excluding carboxylic acids is 1. The van der Waals surface area contributed by atoms with Crippen LogP contribution in [0.2, 0.25) is 0 Å². The quantitative estimate of drug-likeness (QED) is 0.741. The van der Waals surface area contributed by atoms with Gasteiger partial charge in [0.15, 0.2) is 16.7 Å². The molecule has 1 aromatic carbocycles. The second-order valence-corrected chi connectivity index (χ2v) is 6.38. The molecule has 25 heavy (non-hydrogen) atoms. The summed E-state index contributed by atoms with van der Waals surface area (Å²) in [6, 6.07) is 5.39. The highest BCUT2D eigenvalue weighted by molar-refractivity contribution is 7.09. The maximum Gasteiger partial charge on any atom is 0.255 e. The van der Waals surface area contributed by atoms with Gasteiger partial charge in [0, 0.05) is 18.7 Å². The van der Waals surface area contributed by atoms with Crippen LogP contribution >= 0.6 is 11.5 Å². The van der Waals surface area contributed by atoms with Gasteiger partial charge in [0.2, 0.25) is 0 Å². The van der Waals surface area contributed by atoms with Crippen molar-refractivity contribution in [3.63, 3.8) is 0 Å². The number of benzene rings is 1. The lowest BCUT2D eigenvalue weighted by molar-refractivity contribution is 0.0624. The smallest absolute Gasteiger partial charge is 0.255 e. The number of aromatic nitrogens is 5. The predicted octanol–water partition coefficient (Wildman–Crippen LogP) is 1.36. The van der Waals surface area contributed by atoms with Crippen LogP contribution in [0.15, 0.2) is 24.3 Å². The summed E-state index contributed by atoms with van der Waals surface area (Å²) in [5.74, 6) is 1.10. The van der Waals surface area contributed by atoms with Gasteiger partial charge in [0.05, 0.1) is 0 Å². The Bertz CT molecular complexity index is 936. The molecule has 1 amide bonds. The third kappa shape index (κ3) is 2.68. The molecule has 4 rings (SSSR count). The Hall–Kier alpha value is -2.72. The number of fused-ring (bicyclic) bond motifs is 1. The van der Waals surface area contributed by atoms with E-state index in [9.17, 15) is 9.18 Å². The van der Waals surface area contributed by atoms with Crippen LogP contribution in [-0.2, 0) is 6.54 Å². The Morgan fingerprint density at radius 1 is 1.28 bits per heavy atom. The predicted molar refractivity (Wildman–Crippen MR) is 88.0 cm³/mol. The number of halogens is 1. The average Bonchev–Trinajstić information content (AvgIpc) is 3.21. The van der Waals surface area contributed by atoms with Gasteiger partial charge in [-0.2, -0.15) is 4.37 Å². The van der Waals surface area contributed by atoms with Crippen molar-refractivity contribution in [1.82, 2.24) is 29.0 Å². The Kier molecular flexibility index (Phi) is 3.77. The van der Waals surface area contributed by atoms with Crippen LogP contribution in [0.4, 0.5) is 4.39 Å².